The lowest BCUT2D eigenvalue weighted by molar-refractivity contribution is 0.102. The fourth-order valence-electron chi connectivity index (χ4n) is 2.56. The first kappa shape index (κ1) is 21.6. The molecule has 0 aliphatic rings. The number of nitrogens with two attached hydrogens (primary N) is 1. The summed E-state index contributed by atoms with van der Waals surface area (Å²) in [4.78, 5) is 12.7. The number of hydrogen-bond donors (Lipinski definition) is 2. The standard InChI is InChI=1S/C20H16ClFN2O5S/c1-28-19-10-13(22)6-8-17(19)29-18-9-12(21)5-7-16(18)20(25)24-14-3-2-4-15(11-14)30(23,26)27/h2-11H,1H3,(H,24,25)(H2,23,26,27). The molecule has 0 saturated carbocycles. The number of halogens is 2. The molecule has 0 spiro atoms. The first-order valence-corrected chi connectivity index (χ1v) is 10.3. The van der Waals surface area contributed by atoms with Crippen LogP contribution < -0.4 is 19.9 Å². The van der Waals surface area contributed by atoms with Gasteiger partial charge in [-0.3, -0.25) is 4.79 Å². The maximum atomic E-state index is 13.4. The van der Waals surface area contributed by atoms with Crippen LogP contribution in [-0.2, 0) is 10.0 Å². The predicted octanol–water partition coefficient (Wildman–Crippen LogP) is 4.18. The summed E-state index contributed by atoms with van der Waals surface area (Å²) in [5.41, 5.74) is 0.318. The zero-order chi connectivity index (χ0) is 21.9. The number of carbonyl (C=O) groups is 1. The summed E-state index contributed by atoms with van der Waals surface area (Å²) in [5, 5.41) is 8.00. The van der Waals surface area contributed by atoms with Crippen LogP contribution in [0, 0.1) is 5.82 Å². The minimum Gasteiger partial charge on any atom is -0.493 e. The van der Waals surface area contributed by atoms with E-state index in [9.17, 15) is 17.6 Å². The van der Waals surface area contributed by atoms with Gasteiger partial charge in [0.05, 0.1) is 17.6 Å². The van der Waals surface area contributed by atoms with Crippen LogP contribution >= 0.6 is 11.6 Å². The fourth-order valence-corrected chi connectivity index (χ4v) is 3.28. The topological polar surface area (TPSA) is 108 Å². The first-order valence-electron chi connectivity index (χ1n) is 8.42. The Kier molecular flexibility index (Phi) is 6.25. The van der Waals surface area contributed by atoms with Gasteiger partial charge < -0.3 is 14.8 Å². The SMILES string of the molecule is COc1cc(F)ccc1Oc1cc(Cl)ccc1C(=O)Nc1cccc(S(N)(=O)=O)c1. The van der Waals surface area contributed by atoms with Gasteiger partial charge in [-0.1, -0.05) is 17.7 Å². The lowest BCUT2D eigenvalue weighted by Crippen LogP contribution is -2.15. The van der Waals surface area contributed by atoms with E-state index in [-0.39, 0.29) is 33.4 Å². The van der Waals surface area contributed by atoms with Crippen molar-refractivity contribution < 1.29 is 27.1 Å². The maximum absolute atomic E-state index is 13.4. The highest BCUT2D eigenvalue weighted by Gasteiger charge is 2.17. The lowest BCUT2D eigenvalue weighted by Gasteiger charge is -2.14. The van der Waals surface area contributed by atoms with Crippen molar-refractivity contribution in [3.8, 4) is 17.2 Å². The summed E-state index contributed by atoms with van der Waals surface area (Å²) in [6, 6.07) is 13.5. The molecule has 1 amide bonds. The summed E-state index contributed by atoms with van der Waals surface area (Å²) in [6.07, 6.45) is 0. The summed E-state index contributed by atoms with van der Waals surface area (Å²) >= 11 is 6.03. The number of hydrogen-bond acceptors (Lipinski definition) is 5. The summed E-state index contributed by atoms with van der Waals surface area (Å²) in [6.45, 7) is 0. The number of ether oxygens (including phenoxy) is 2. The smallest absolute Gasteiger partial charge is 0.259 e. The highest BCUT2D eigenvalue weighted by atomic mass is 35.5. The second kappa shape index (κ2) is 8.70. The molecule has 0 aliphatic carbocycles. The molecule has 156 valence electrons. The minimum atomic E-state index is -3.93. The summed E-state index contributed by atoms with van der Waals surface area (Å²) < 4.78 is 47.3. The van der Waals surface area contributed by atoms with Crippen LogP contribution in [0.1, 0.15) is 10.4 Å². The Bertz CT molecular complexity index is 1220. The van der Waals surface area contributed by atoms with E-state index in [1.165, 1.54) is 61.7 Å². The number of carbonyl (C=O) groups excluding carboxylic acids is 1. The fraction of sp³-hybridized carbons (Fsp3) is 0.0500. The Labute approximate surface area is 177 Å². The van der Waals surface area contributed by atoms with Crippen LogP contribution in [0.25, 0.3) is 0 Å². The van der Waals surface area contributed by atoms with Gasteiger partial charge in [0.25, 0.3) is 5.91 Å². The van der Waals surface area contributed by atoms with Gasteiger partial charge >= 0.3 is 0 Å². The molecule has 3 N–H and O–H groups in total. The Morgan fingerprint density at radius 1 is 1.03 bits per heavy atom. The van der Waals surface area contributed by atoms with Crippen molar-refractivity contribution in [3.63, 3.8) is 0 Å². The van der Waals surface area contributed by atoms with Crippen molar-refractivity contribution in [1.29, 1.82) is 0 Å². The molecular formula is C20H16ClFN2O5S. The van der Waals surface area contributed by atoms with Crippen LogP contribution in [-0.4, -0.2) is 21.4 Å². The van der Waals surface area contributed by atoms with Crippen molar-refractivity contribution in [2.45, 2.75) is 4.90 Å². The molecule has 3 rings (SSSR count). The zero-order valence-corrected chi connectivity index (χ0v) is 17.1. The molecule has 0 fully saturated rings. The van der Waals surface area contributed by atoms with Gasteiger partial charge in [-0.05, 0) is 42.5 Å². The van der Waals surface area contributed by atoms with E-state index in [0.29, 0.717) is 5.02 Å². The van der Waals surface area contributed by atoms with Crippen molar-refractivity contribution >= 4 is 33.2 Å². The Balaban J connectivity index is 1.93. The molecule has 0 saturated heterocycles. The van der Waals surface area contributed by atoms with Gasteiger partial charge in [0.1, 0.15) is 11.6 Å². The van der Waals surface area contributed by atoms with E-state index in [2.05, 4.69) is 5.32 Å². The molecular weight excluding hydrogens is 435 g/mol. The first-order chi connectivity index (χ1) is 14.2. The monoisotopic (exact) mass is 450 g/mol. The molecule has 0 bridgehead atoms. The van der Waals surface area contributed by atoms with E-state index in [4.69, 9.17) is 26.2 Å². The molecule has 10 heteroatoms. The summed E-state index contributed by atoms with van der Waals surface area (Å²) in [7, 11) is -2.58. The molecule has 0 aromatic heterocycles. The van der Waals surface area contributed by atoms with Crippen molar-refractivity contribution in [2.75, 3.05) is 12.4 Å². The molecule has 0 atom stereocenters. The second-order valence-electron chi connectivity index (χ2n) is 6.06. The summed E-state index contributed by atoms with van der Waals surface area (Å²) in [5.74, 6) is -0.714. The lowest BCUT2D eigenvalue weighted by atomic mass is 10.1. The molecule has 3 aromatic carbocycles. The van der Waals surface area contributed by atoms with Gasteiger partial charge in [-0.25, -0.2) is 17.9 Å². The highest BCUT2D eigenvalue weighted by Crippen LogP contribution is 2.35. The average molecular weight is 451 g/mol. The third-order valence-electron chi connectivity index (χ3n) is 3.95. The number of anilines is 1. The number of primary sulfonamides is 1. The maximum Gasteiger partial charge on any atom is 0.259 e. The number of amides is 1. The van der Waals surface area contributed by atoms with Crippen LogP contribution in [0.4, 0.5) is 10.1 Å². The van der Waals surface area contributed by atoms with E-state index >= 15 is 0 Å². The second-order valence-corrected chi connectivity index (χ2v) is 8.06. The molecule has 0 radical (unpaired) electrons. The predicted molar refractivity (Wildman–Crippen MR) is 110 cm³/mol. The van der Waals surface area contributed by atoms with Gasteiger partial charge in [0.2, 0.25) is 10.0 Å². The highest BCUT2D eigenvalue weighted by molar-refractivity contribution is 7.89. The van der Waals surface area contributed by atoms with E-state index in [0.717, 1.165) is 6.07 Å². The Morgan fingerprint density at radius 2 is 1.80 bits per heavy atom. The van der Waals surface area contributed by atoms with Crippen LogP contribution in [0.3, 0.4) is 0 Å². The van der Waals surface area contributed by atoms with Crippen molar-refractivity contribution in [3.05, 3.63) is 77.1 Å². The van der Waals surface area contributed by atoms with E-state index in [1.807, 2.05) is 0 Å². The van der Waals surface area contributed by atoms with Crippen LogP contribution in [0.15, 0.2) is 65.6 Å². The third kappa shape index (κ3) is 5.07. The van der Waals surface area contributed by atoms with E-state index < -0.39 is 21.7 Å². The van der Waals surface area contributed by atoms with Crippen LogP contribution in [0.2, 0.25) is 5.02 Å². The number of benzene rings is 3. The van der Waals surface area contributed by atoms with Gasteiger partial charge in [-0.15, -0.1) is 0 Å². The van der Waals surface area contributed by atoms with Gasteiger partial charge in [-0.2, -0.15) is 0 Å². The molecule has 3 aromatic rings. The molecule has 0 unspecified atom stereocenters. The van der Waals surface area contributed by atoms with Crippen LogP contribution in [0.5, 0.6) is 17.2 Å². The normalized spacial score (nSPS) is 11.1. The number of rotatable bonds is 6. The van der Waals surface area contributed by atoms with Crippen molar-refractivity contribution in [1.82, 2.24) is 0 Å². The minimum absolute atomic E-state index is 0.0903. The molecule has 0 aliphatic heterocycles. The van der Waals surface area contributed by atoms with E-state index in [1.54, 1.807) is 0 Å². The Hall–Kier alpha value is -3.14. The molecule has 30 heavy (non-hydrogen) atoms. The molecule has 7 nitrogen and oxygen atoms in total. The van der Waals surface area contributed by atoms with Crippen molar-refractivity contribution in [2.24, 2.45) is 5.14 Å². The quantitative estimate of drug-likeness (QED) is 0.585. The number of sulfonamides is 1. The molecule has 0 heterocycles. The average Bonchev–Trinajstić information content (AvgIpc) is 2.69. The number of methoxy groups -OCH3 is 1. The Morgan fingerprint density at radius 3 is 2.50 bits per heavy atom. The van der Waals surface area contributed by atoms with Gasteiger partial charge in [0.15, 0.2) is 11.5 Å². The largest absolute Gasteiger partial charge is 0.493 e. The zero-order valence-electron chi connectivity index (χ0n) is 15.6. The van der Waals surface area contributed by atoms with Gasteiger partial charge in [0, 0.05) is 22.8 Å². The third-order valence-corrected chi connectivity index (χ3v) is 5.10. The number of nitrogens with one attached hydrogen (secondary N) is 1.